The Bertz CT molecular complexity index is 922. The molecule has 9 heteroatoms. The zero-order chi connectivity index (χ0) is 20.9. The van der Waals surface area contributed by atoms with Crippen molar-refractivity contribution in [3.05, 3.63) is 51.2 Å². The van der Waals surface area contributed by atoms with Crippen LogP contribution < -0.4 is 10.6 Å². The number of nitrogens with zero attached hydrogens (tertiary/aromatic N) is 2. The van der Waals surface area contributed by atoms with Crippen LogP contribution in [-0.4, -0.2) is 34.7 Å². The molecule has 0 saturated carbocycles. The number of para-hydroxylation sites is 1. The van der Waals surface area contributed by atoms with Crippen LogP contribution in [-0.2, 0) is 4.74 Å². The molecule has 0 unspecified atom stereocenters. The number of anilines is 1. The summed E-state index contributed by atoms with van der Waals surface area (Å²) in [5, 5.41) is 17.6. The number of nitrogens with one attached hydrogen (secondary N) is 2. The normalized spacial score (nSPS) is 12.0. The van der Waals surface area contributed by atoms with Gasteiger partial charge in [-0.3, -0.25) is 10.1 Å². The van der Waals surface area contributed by atoms with Gasteiger partial charge in [0, 0.05) is 18.5 Å². The summed E-state index contributed by atoms with van der Waals surface area (Å²) in [4.78, 5) is 26.6. The number of amides is 1. The quantitative estimate of drug-likeness (QED) is 0.312. The number of nitro groups is 1. The first-order valence-electron chi connectivity index (χ1n) is 8.67. The summed E-state index contributed by atoms with van der Waals surface area (Å²) in [7, 11) is 0. The number of hydrogen-bond acceptors (Lipinski definition) is 6. The molecule has 8 nitrogen and oxygen atoms in total. The van der Waals surface area contributed by atoms with Crippen molar-refractivity contribution in [2.24, 2.45) is 0 Å². The Labute approximate surface area is 168 Å². The minimum atomic E-state index is -0.564. The molecule has 0 radical (unpaired) electrons. The minimum Gasteiger partial charge on any atom is -0.444 e. The highest BCUT2D eigenvalue weighted by Crippen LogP contribution is 2.37. The van der Waals surface area contributed by atoms with Crippen molar-refractivity contribution in [2.75, 3.05) is 18.4 Å². The second kappa shape index (κ2) is 8.88. The number of rotatable bonds is 6. The van der Waals surface area contributed by atoms with Gasteiger partial charge in [-0.25, -0.2) is 9.78 Å². The molecular formula is C19H23ClN4O4. The average molecular weight is 407 g/mol. The topological polar surface area (TPSA) is 106 Å². The molecule has 0 fully saturated rings. The maximum atomic E-state index is 11.6. The van der Waals surface area contributed by atoms with Crippen LogP contribution in [0, 0.1) is 10.1 Å². The highest BCUT2D eigenvalue weighted by Gasteiger charge is 2.23. The molecule has 0 atom stereocenters. The second-order valence-corrected chi connectivity index (χ2v) is 7.55. The van der Waals surface area contributed by atoms with E-state index in [1.807, 2.05) is 6.92 Å². The third-order valence-electron chi connectivity index (χ3n) is 3.65. The Morgan fingerprint density at radius 2 is 2.04 bits per heavy atom. The third-order valence-corrected chi connectivity index (χ3v) is 3.91. The summed E-state index contributed by atoms with van der Waals surface area (Å²) < 4.78 is 5.16. The first-order chi connectivity index (χ1) is 13.1. The standard InChI is InChI=1S/C19H23ClN4O4/c1-12(9-10-21-18(25)28-19(2,3)4)11-22-15-13-7-5-6-8-14(13)23-17(20)16(15)24(26)27/h5-9H,10-11H2,1-4H3,(H,21,25)(H,22,23)/b12-9+. The van der Waals surface area contributed by atoms with Crippen molar-refractivity contribution < 1.29 is 14.5 Å². The number of hydrogen-bond donors (Lipinski definition) is 2. The Kier molecular flexibility index (Phi) is 6.80. The largest absolute Gasteiger partial charge is 0.444 e. The van der Waals surface area contributed by atoms with Crippen LogP contribution in [0.15, 0.2) is 35.9 Å². The summed E-state index contributed by atoms with van der Waals surface area (Å²) in [5.74, 6) is 0. The number of alkyl carbamates (subject to hydrolysis) is 1. The molecule has 1 aromatic carbocycles. The van der Waals surface area contributed by atoms with E-state index in [1.165, 1.54) is 0 Å². The fraction of sp³-hybridized carbons (Fsp3) is 0.368. The highest BCUT2D eigenvalue weighted by molar-refractivity contribution is 6.33. The smallest absolute Gasteiger partial charge is 0.407 e. The lowest BCUT2D eigenvalue weighted by molar-refractivity contribution is -0.384. The molecule has 1 heterocycles. The summed E-state index contributed by atoms with van der Waals surface area (Å²) in [6.45, 7) is 7.82. The highest BCUT2D eigenvalue weighted by atomic mass is 35.5. The molecule has 2 rings (SSSR count). The van der Waals surface area contributed by atoms with Gasteiger partial charge in [-0.1, -0.05) is 41.4 Å². The number of aromatic nitrogens is 1. The van der Waals surface area contributed by atoms with E-state index in [1.54, 1.807) is 51.1 Å². The van der Waals surface area contributed by atoms with Crippen molar-refractivity contribution in [2.45, 2.75) is 33.3 Å². The molecule has 0 aliphatic rings. The number of halogens is 1. The number of fused-ring (bicyclic) bond motifs is 1. The van der Waals surface area contributed by atoms with Crippen LogP contribution >= 0.6 is 11.6 Å². The van der Waals surface area contributed by atoms with Crippen LogP contribution in [0.4, 0.5) is 16.2 Å². The van der Waals surface area contributed by atoms with E-state index in [0.717, 1.165) is 5.57 Å². The summed E-state index contributed by atoms with van der Waals surface area (Å²) in [6, 6.07) is 7.05. The van der Waals surface area contributed by atoms with Crippen LogP contribution in [0.25, 0.3) is 10.9 Å². The van der Waals surface area contributed by atoms with Crippen LogP contribution in [0.5, 0.6) is 0 Å². The van der Waals surface area contributed by atoms with Crippen molar-refractivity contribution in [1.29, 1.82) is 0 Å². The van der Waals surface area contributed by atoms with Gasteiger partial charge < -0.3 is 15.4 Å². The Hall–Kier alpha value is -2.87. The van der Waals surface area contributed by atoms with Gasteiger partial charge in [0.2, 0.25) is 5.15 Å². The van der Waals surface area contributed by atoms with E-state index >= 15 is 0 Å². The number of carbonyl (C=O) groups is 1. The SMILES string of the molecule is C/C(=C\CNC(=O)OC(C)(C)C)CNc1c([N+](=O)[O-])c(Cl)nc2ccccc12. The van der Waals surface area contributed by atoms with E-state index in [-0.39, 0.29) is 17.4 Å². The van der Waals surface area contributed by atoms with Crippen LogP contribution in [0.1, 0.15) is 27.7 Å². The van der Waals surface area contributed by atoms with Gasteiger partial charge in [0.15, 0.2) is 0 Å². The molecule has 0 saturated heterocycles. The first-order valence-corrected chi connectivity index (χ1v) is 9.05. The van der Waals surface area contributed by atoms with Gasteiger partial charge in [-0.05, 0) is 33.8 Å². The molecule has 0 bridgehead atoms. The van der Waals surface area contributed by atoms with Crippen LogP contribution in [0.3, 0.4) is 0 Å². The Balaban J connectivity index is 2.11. The van der Waals surface area contributed by atoms with Gasteiger partial charge in [-0.15, -0.1) is 0 Å². The van der Waals surface area contributed by atoms with Crippen molar-refractivity contribution in [3.63, 3.8) is 0 Å². The molecule has 0 aliphatic carbocycles. The van der Waals surface area contributed by atoms with Crippen molar-refractivity contribution in [3.8, 4) is 0 Å². The molecule has 2 aromatic rings. The molecule has 0 aliphatic heterocycles. The monoisotopic (exact) mass is 406 g/mol. The summed E-state index contributed by atoms with van der Waals surface area (Å²) in [6.07, 6.45) is 1.29. The predicted octanol–water partition coefficient (Wildman–Crippen LogP) is 4.68. The molecule has 28 heavy (non-hydrogen) atoms. The fourth-order valence-electron chi connectivity index (χ4n) is 2.44. The summed E-state index contributed by atoms with van der Waals surface area (Å²) >= 11 is 6.02. The van der Waals surface area contributed by atoms with E-state index < -0.39 is 16.6 Å². The number of ether oxygens (including phenoxy) is 1. The van der Waals surface area contributed by atoms with E-state index in [9.17, 15) is 14.9 Å². The van der Waals surface area contributed by atoms with Gasteiger partial charge in [0.1, 0.15) is 11.3 Å². The molecule has 150 valence electrons. The lowest BCUT2D eigenvalue weighted by Gasteiger charge is -2.19. The lowest BCUT2D eigenvalue weighted by atomic mass is 10.1. The van der Waals surface area contributed by atoms with Gasteiger partial charge >= 0.3 is 11.8 Å². The maximum absolute atomic E-state index is 11.6. The Morgan fingerprint density at radius 3 is 2.68 bits per heavy atom. The van der Waals surface area contributed by atoms with Crippen molar-refractivity contribution in [1.82, 2.24) is 10.3 Å². The zero-order valence-corrected chi connectivity index (χ0v) is 17.0. The average Bonchev–Trinajstić information content (AvgIpc) is 2.57. The van der Waals surface area contributed by atoms with Crippen LogP contribution in [0.2, 0.25) is 5.15 Å². The lowest BCUT2D eigenvalue weighted by Crippen LogP contribution is -2.32. The van der Waals surface area contributed by atoms with E-state index in [2.05, 4.69) is 15.6 Å². The van der Waals surface area contributed by atoms with Gasteiger partial charge in [-0.2, -0.15) is 0 Å². The molecule has 0 spiro atoms. The van der Waals surface area contributed by atoms with E-state index in [4.69, 9.17) is 16.3 Å². The zero-order valence-electron chi connectivity index (χ0n) is 16.2. The second-order valence-electron chi connectivity index (χ2n) is 7.19. The van der Waals surface area contributed by atoms with E-state index in [0.29, 0.717) is 23.1 Å². The molecule has 1 amide bonds. The first kappa shape index (κ1) is 21.4. The fourth-order valence-corrected chi connectivity index (χ4v) is 2.69. The minimum absolute atomic E-state index is 0.167. The molecule has 1 aromatic heterocycles. The number of benzene rings is 1. The van der Waals surface area contributed by atoms with Crippen molar-refractivity contribution >= 4 is 40.0 Å². The predicted molar refractivity (Wildman–Crippen MR) is 110 cm³/mol. The third kappa shape index (κ3) is 5.82. The number of pyridine rings is 1. The van der Waals surface area contributed by atoms with Gasteiger partial charge in [0.05, 0.1) is 10.4 Å². The molecular weight excluding hydrogens is 384 g/mol. The molecule has 2 N–H and O–H groups in total. The Morgan fingerprint density at radius 1 is 1.36 bits per heavy atom. The summed E-state index contributed by atoms with van der Waals surface area (Å²) in [5.41, 5.74) is 0.926. The maximum Gasteiger partial charge on any atom is 0.407 e. The van der Waals surface area contributed by atoms with Gasteiger partial charge in [0.25, 0.3) is 0 Å². The number of carbonyl (C=O) groups excluding carboxylic acids is 1.